The van der Waals surface area contributed by atoms with Crippen LogP contribution in [0.15, 0.2) is 10.9 Å². The largest absolute Gasteiger partial charge is 0.347 e. The number of amides is 2. The molecule has 10 nitrogen and oxygen atoms in total. The molecule has 27 heavy (non-hydrogen) atoms. The highest BCUT2D eigenvalue weighted by atomic mass is 16.5. The second-order valence-corrected chi connectivity index (χ2v) is 7.82. The quantitative estimate of drug-likeness (QED) is 0.795. The molecule has 10 heteroatoms. The molecule has 2 amide bonds. The molecule has 2 fully saturated rings. The summed E-state index contributed by atoms with van der Waals surface area (Å²) in [5.74, 6) is 1.24. The molecule has 1 unspecified atom stereocenters. The van der Waals surface area contributed by atoms with Gasteiger partial charge >= 0.3 is 0 Å². The van der Waals surface area contributed by atoms with E-state index in [1.807, 2.05) is 18.7 Å². The van der Waals surface area contributed by atoms with E-state index in [-0.39, 0.29) is 35.5 Å². The average Bonchev–Trinajstić information content (AvgIpc) is 3.36. The Bertz CT molecular complexity index is 847. The average molecular weight is 373 g/mol. The number of carbonyl (C=O) groups excluding carboxylic acids is 2. The molecule has 2 aliphatic rings. The fourth-order valence-corrected chi connectivity index (χ4v) is 4.41. The maximum atomic E-state index is 12.5. The first-order valence-electron chi connectivity index (χ1n) is 9.15. The number of aromatic nitrogens is 5. The Kier molecular flexibility index (Phi) is 4.20. The van der Waals surface area contributed by atoms with Crippen LogP contribution in [0.2, 0.25) is 0 Å². The van der Waals surface area contributed by atoms with Gasteiger partial charge in [0, 0.05) is 25.0 Å². The third kappa shape index (κ3) is 2.98. The second-order valence-electron chi connectivity index (χ2n) is 7.82. The Morgan fingerprint density at radius 1 is 1.44 bits per heavy atom. The highest BCUT2D eigenvalue weighted by Crippen LogP contribution is 2.50. The molecule has 144 valence electrons. The Morgan fingerprint density at radius 2 is 2.26 bits per heavy atom. The van der Waals surface area contributed by atoms with Crippen molar-refractivity contribution < 1.29 is 14.1 Å². The Balaban J connectivity index is 1.57. The molecular weight excluding hydrogens is 350 g/mol. The molecule has 3 atom stereocenters. The van der Waals surface area contributed by atoms with E-state index in [4.69, 9.17) is 4.52 Å². The fourth-order valence-electron chi connectivity index (χ4n) is 4.41. The van der Waals surface area contributed by atoms with Crippen molar-refractivity contribution in [3.63, 3.8) is 0 Å². The number of hydrogen-bond acceptors (Lipinski definition) is 7. The van der Waals surface area contributed by atoms with Crippen molar-refractivity contribution >= 4 is 11.8 Å². The minimum Gasteiger partial charge on any atom is -0.347 e. The van der Waals surface area contributed by atoms with Crippen LogP contribution in [0.4, 0.5) is 0 Å². The number of nitrogens with one attached hydrogen (secondary N) is 2. The molecule has 2 aromatic rings. The van der Waals surface area contributed by atoms with Gasteiger partial charge in [-0.3, -0.25) is 14.7 Å². The van der Waals surface area contributed by atoms with Crippen LogP contribution >= 0.6 is 0 Å². The van der Waals surface area contributed by atoms with Gasteiger partial charge in [-0.25, -0.2) is 4.98 Å². The molecule has 2 aromatic heterocycles. The van der Waals surface area contributed by atoms with Gasteiger partial charge in [0.25, 0.3) is 5.91 Å². The highest BCUT2D eigenvalue weighted by Gasteiger charge is 2.58. The number of nitrogens with zero attached hydrogens (tertiary/aromatic N) is 5. The number of rotatable bonds is 4. The van der Waals surface area contributed by atoms with Gasteiger partial charge < -0.3 is 14.7 Å². The predicted octanol–water partition coefficient (Wildman–Crippen LogP) is 0.441. The zero-order valence-electron chi connectivity index (χ0n) is 15.6. The van der Waals surface area contributed by atoms with Crippen molar-refractivity contribution in [2.45, 2.75) is 45.1 Å². The van der Waals surface area contributed by atoms with Crippen LogP contribution in [-0.4, -0.2) is 61.2 Å². The Morgan fingerprint density at radius 3 is 2.89 bits per heavy atom. The van der Waals surface area contributed by atoms with Crippen molar-refractivity contribution in [1.29, 1.82) is 0 Å². The van der Waals surface area contributed by atoms with Gasteiger partial charge in [-0.1, -0.05) is 19.0 Å². The molecule has 1 saturated heterocycles. The number of aryl methyl sites for hydroxylation is 1. The summed E-state index contributed by atoms with van der Waals surface area (Å²) in [6.45, 7) is 6.75. The molecule has 2 N–H and O–H groups in total. The van der Waals surface area contributed by atoms with E-state index in [1.54, 1.807) is 6.92 Å². The molecule has 1 aliphatic carbocycles. The first-order valence-corrected chi connectivity index (χ1v) is 9.15. The monoisotopic (exact) mass is 373 g/mol. The molecule has 4 rings (SSSR count). The predicted molar refractivity (Wildman–Crippen MR) is 92.5 cm³/mol. The third-order valence-electron chi connectivity index (χ3n) is 5.60. The van der Waals surface area contributed by atoms with E-state index in [9.17, 15) is 9.59 Å². The van der Waals surface area contributed by atoms with Crippen LogP contribution in [0.5, 0.6) is 0 Å². The number of H-pyrrole nitrogens is 1. The van der Waals surface area contributed by atoms with Crippen LogP contribution in [0.1, 0.15) is 49.0 Å². The van der Waals surface area contributed by atoms with Gasteiger partial charge in [-0.05, 0) is 25.7 Å². The van der Waals surface area contributed by atoms with E-state index in [0.29, 0.717) is 31.2 Å². The lowest BCUT2D eigenvalue weighted by atomic mass is 9.80. The molecule has 1 aliphatic heterocycles. The maximum Gasteiger partial charge on any atom is 0.288 e. The SMILES string of the molecule is Cc1noc([C@]23C[C@H](NC(=O)c4ncn[nH]4)CC2CN(C(=O)C(C)C)C3)n1. The van der Waals surface area contributed by atoms with E-state index >= 15 is 0 Å². The number of fused-ring (bicyclic) bond motifs is 1. The van der Waals surface area contributed by atoms with Crippen LogP contribution in [0.25, 0.3) is 0 Å². The standard InChI is InChI=1S/C17H23N7O3/c1-9(2)15(26)24-6-11-4-12(21-14(25)13-18-8-19-22-13)5-17(11,7-24)16-20-10(3)23-27-16/h8-9,11-12H,4-7H2,1-3H3,(H,21,25)(H,18,19,22)/t11?,12-,17+/m1/s1. The van der Waals surface area contributed by atoms with Crippen molar-refractivity contribution in [1.82, 2.24) is 35.5 Å². The van der Waals surface area contributed by atoms with Crippen LogP contribution < -0.4 is 5.32 Å². The van der Waals surface area contributed by atoms with E-state index in [2.05, 4.69) is 30.6 Å². The second kappa shape index (κ2) is 6.43. The summed E-state index contributed by atoms with van der Waals surface area (Å²) in [5.41, 5.74) is -0.425. The lowest BCUT2D eigenvalue weighted by Gasteiger charge is -2.26. The Labute approximate surface area is 156 Å². The smallest absolute Gasteiger partial charge is 0.288 e. The summed E-state index contributed by atoms with van der Waals surface area (Å²) in [7, 11) is 0. The number of hydrogen-bond donors (Lipinski definition) is 2. The van der Waals surface area contributed by atoms with Crippen molar-refractivity contribution in [2.24, 2.45) is 11.8 Å². The minimum absolute atomic E-state index is 0.0592. The number of likely N-dealkylation sites (tertiary alicyclic amines) is 1. The van der Waals surface area contributed by atoms with Gasteiger partial charge in [0.1, 0.15) is 6.33 Å². The zero-order valence-corrected chi connectivity index (χ0v) is 15.6. The molecule has 1 saturated carbocycles. The van der Waals surface area contributed by atoms with Crippen molar-refractivity contribution in [3.05, 3.63) is 23.9 Å². The van der Waals surface area contributed by atoms with Gasteiger partial charge in [-0.15, -0.1) is 0 Å². The maximum absolute atomic E-state index is 12.5. The van der Waals surface area contributed by atoms with Gasteiger partial charge in [-0.2, -0.15) is 10.1 Å². The first kappa shape index (κ1) is 17.6. The Hall–Kier alpha value is -2.78. The van der Waals surface area contributed by atoms with Crippen LogP contribution in [0, 0.1) is 18.8 Å². The lowest BCUT2D eigenvalue weighted by molar-refractivity contribution is -0.133. The van der Waals surface area contributed by atoms with Gasteiger partial charge in [0.2, 0.25) is 17.6 Å². The topological polar surface area (TPSA) is 130 Å². The molecule has 0 spiro atoms. The summed E-state index contributed by atoms with van der Waals surface area (Å²) >= 11 is 0. The van der Waals surface area contributed by atoms with Crippen LogP contribution in [0.3, 0.4) is 0 Å². The molecule has 0 bridgehead atoms. The highest BCUT2D eigenvalue weighted by molar-refractivity contribution is 5.90. The molecule has 3 heterocycles. The fraction of sp³-hybridized carbons (Fsp3) is 0.647. The summed E-state index contributed by atoms with van der Waals surface area (Å²) in [6, 6.07) is -0.0592. The summed E-state index contributed by atoms with van der Waals surface area (Å²) in [5, 5.41) is 13.2. The zero-order chi connectivity index (χ0) is 19.2. The van der Waals surface area contributed by atoms with E-state index in [0.717, 1.165) is 6.42 Å². The number of aromatic amines is 1. The summed E-state index contributed by atoms with van der Waals surface area (Å²) < 4.78 is 5.53. The third-order valence-corrected chi connectivity index (χ3v) is 5.60. The normalized spacial score (nSPS) is 27.2. The first-order chi connectivity index (χ1) is 12.9. The summed E-state index contributed by atoms with van der Waals surface area (Å²) in [6.07, 6.45) is 2.68. The molecule has 0 aromatic carbocycles. The molecular formula is C17H23N7O3. The van der Waals surface area contributed by atoms with Crippen molar-refractivity contribution in [2.75, 3.05) is 13.1 Å². The number of carbonyl (C=O) groups is 2. The summed E-state index contributed by atoms with van der Waals surface area (Å²) in [4.78, 5) is 35.1. The molecule has 0 radical (unpaired) electrons. The van der Waals surface area contributed by atoms with Gasteiger partial charge in [0.15, 0.2) is 5.82 Å². The van der Waals surface area contributed by atoms with Gasteiger partial charge in [0.05, 0.1) is 5.41 Å². The lowest BCUT2D eigenvalue weighted by Crippen LogP contribution is -2.40. The van der Waals surface area contributed by atoms with E-state index < -0.39 is 5.41 Å². The minimum atomic E-state index is -0.425. The van der Waals surface area contributed by atoms with E-state index in [1.165, 1.54) is 6.33 Å². The van der Waals surface area contributed by atoms with Crippen LogP contribution in [-0.2, 0) is 10.2 Å². The van der Waals surface area contributed by atoms with Crippen molar-refractivity contribution in [3.8, 4) is 0 Å².